The topological polar surface area (TPSA) is 54.4 Å². The van der Waals surface area contributed by atoms with Gasteiger partial charge in [-0.2, -0.15) is 8.42 Å². The van der Waals surface area contributed by atoms with Crippen LogP contribution in [-0.4, -0.2) is 67.1 Å². The first-order chi connectivity index (χ1) is 4.61. The van der Waals surface area contributed by atoms with Crippen molar-refractivity contribution in [3.8, 4) is 0 Å². The van der Waals surface area contributed by atoms with Gasteiger partial charge in [0.2, 0.25) is 0 Å². The van der Waals surface area contributed by atoms with Crippen molar-refractivity contribution in [3.63, 3.8) is 0 Å². The fourth-order valence-corrected chi connectivity index (χ4v) is 2.29. The average Bonchev–Trinajstić information content (AvgIpc) is 1.88. The summed E-state index contributed by atoms with van der Waals surface area (Å²) in [5, 5.41) is -0.471. The van der Waals surface area contributed by atoms with Crippen molar-refractivity contribution in [2.75, 3.05) is 0 Å². The van der Waals surface area contributed by atoms with E-state index in [0.29, 0.717) is 12.8 Å². The summed E-state index contributed by atoms with van der Waals surface area (Å²) in [7, 11) is -3.73. The largest absolute Gasteiger partial charge is 2.00 e. The van der Waals surface area contributed by atoms with Crippen LogP contribution >= 0.6 is 0 Å². The van der Waals surface area contributed by atoms with E-state index in [-0.39, 0.29) is 48.9 Å². The second kappa shape index (κ2) is 5.26. The standard InChI is InChI=1S/C6H12O3S.Ba/c7-10(8,9)6-4-2-1-3-5-6;/h6H,1-5H2,(H,7,8,9);/q;+2. The monoisotopic (exact) mass is 302 g/mol. The second-order valence-electron chi connectivity index (χ2n) is 2.77. The van der Waals surface area contributed by atoms with E-state index < -0.39 is 15.4 Å². The molecule has 0 radical (unpaired) electrons. The Bertz CT molecular complexity index is 194. The van der Waals surface area contributed by atoms with Gasteiger partial charge in [0.15, 0.2) is 0 Å². The van der Waals surface area contributed by atoms with Crippen LogP contribution in [-0.2, 0) is 10.1 Å². The van der Waals surface area contributed by atoms with E-state index in [4.69, 9.17) is 4.55 Å². The minimum absolute atomic E-state index is 0. The van der Waals surface area contributed by atoms with E-state index in [2.05, 4.69) is 0 Å². The summed E-state index contributed by atoms with van der Waals surface area (Å²) >= 11 is 0. The molecular weight excluding hydrogens is 289 g/mol. The van der Waals surface area contributed by atoms with Gasteiger partial charge in [-0.1, -0.05) is 19.3 Å². The summed E-state index contributed by atoms with van der Waals surface area (Å²) in [5.41, 5.74) is 0. The van der Waals surface area contributed by atoms with Gasteiger partial charge in [0, 0.05) is 0 Å². The molecule has 0 saturated heterocycles. The smallest absolute Gasteiger partial charge is 0.285 e. The molecule has 0 bridgehead atoms. The van der Waals surface area contributed by atoms with Crippen molar-refractivity contribution < 1.29 is 13.0 Å². The summed E-state index contributed by atoms with van der Waals surface area (Å²) in [6, 6.07) is 0. The molecule has 11 heavy (non-hydrogen) atoms. The Morgan fingerprint density at radius 3 is 1.82 bits per heavy atom. The van der Waals surface area contributed by atoms with Crippen LogP contribution < -0.4 is 0 Å². The summed E-state index contributed by atoms with van der Waals surface area (Å²) in [6.45, 7) is 0. The molecule has 0 amide bonds. The van der Waals surface area contributed by atoms with E-state index in [0.717, 1.165) is 19.3 Å². The third-order valence-electron chi connectivity index (χ3n) is 1.97. The maximum atomic E-state index is 10.5. The van der Waals surface area contributed by atoms with Crippen molar-refractivity contribution >= 4 is 59.0 Å². The molecule has 0 unspecified atom stereocenters. The van der Waals surface area contributed by atoms with Crippen molar-refractivity contribution in [1.29, 1.82) is 0 Å². The summed E-state index contributed by atoms with van der Waals surface area (Å²) in [4.78, 5) is 0. The van der Waals surface area contributed by atoms with Gasteiger partial charge < -0.3 is 0 Å². The van der Waals surface area contributed by atoms with Crippen molar-refractivity contribution in [3.05, 3.63) is 0 Å². The molecule has 0 atom stereocenters. The molecule has 1 rings (SSSR count). The Hall–Kier alpha value is 1.48. The fraction of sp³-hybridized carbons (Fsp3) is 1.00. The Morgan fingerprint density at radius 1 is 1.09 bits per heavy atom. The van der Waals surface area contributed by atoms with E-state index >= 15 is 0 Å². The van der Waals surface area contributed by atoms with E-state index in [9.17, 15) is 8.42 Å². The van der Waals surface area contributed by atoms with Gasteiger partial charge in [-0.15, -0.1) is 0 Å². The zero-order valence-corrected chi connectivity index (χ0v) is 11.7. The van der Waals surface area contributed by atoms with Crippen LogP contribution in [0.15, 0.2) is 0 Å². The van der Waals surface area contributed by atoms with Crippen LogP contribution in [0, 0.1) is 0 Å². The van der Waals surface area contributed by atoms with Crippen molar-refractivity contribution in [2.45, 2.75) is 37.4 Å². The fourth-order valence-electron chi connectivity index (χ4n) is 1.36. The first kappa shape index (κ1) is 12.5. The minimum atomic E-state index is -3.73. The molecular formula is C6H12BaO3S+2. The molecule has 0 aromatic carbocycles. The third kappa shape index (κ3) is 4.31. The van der Waals surface area contributed by atoms with Crippen LogP contribution in [0.4, 0.5) is 0 Å². The second-order valence-corrected chi connectivity index (χ2v) is 4.47. The molecule has 1 fully saturated rings. The zero-order chi connectivity index (χ0) is 7.61. The van der Waals surface area contributed by atoms with Gasteiger partial charge in [0.25, 0.3) is 10.1 Å². The van der Waals surface area contributed by atoms with Crippen LogP contribution in [0.25, 0.3) is 0 Å². The van der Waals surface area contributed by atoms with Gasteiger partial charge in [0.05, 0.1) is 5.25 Å². The number of hydrogen-bond donors (Lipinski definition) is 1. The summed E-state index contributed by atoms with van der Waals surface area (Å²) in [5.74, 6) is 0. The first-order valence-electron chi connectivity index (χ1n) is 3.57. The first-order valence-corrected chi connectivity index (χ1v) is 5.07. The molecule has 5 heteroatoms. The van der Waals surface area contributed by atoms with Gasteiger partial charge in [0.1, 0.15) is 0 Å². The molecule has 0 heterocycles. The van der Waals surface area contributed by atoms with E-state index in [1.54, 1.807) is 0 Å². The molecule has 1 saturated carbocycles. The SMILES string of the molecule is O=S(=O)(O)C1CCCCC1.[Ba+2]. The predicted octanol–water partition coefficient (Wildman–Crippen LogP) is 0.826. The molecule has 0 aliphatic heterocycles. The van der Waals surface area contributed by atoms with Crippen LogP contribution in [0.5, 0.6) is 0 Å². The van der Waals surface area contributed by atoms with E-state index in [1.807, 2.05) is 0 Å². The predicted molar refractivity (Wildman–Crippen MR) is 44.2 cm³/mol. The molecule has 1 aliphatic carbocycles. The van der Waals surface area contributed by atoms with Gasteiger partial charge in [-0.3, -0.25) is 4.55 Å². The van der Waals surface area contributed by atoms with Crippen LogP contribution in [0.2, 0.25) is 0 Å². The quantitative estimate of drug-likeness (QED) is 0.576. The molecule has 1 aliphatic rings. The van der Waals surface area contributed by atoms with Crippen molar-refractivity contribution in [1.82, 2.24) is 0 Å². The molecule has 0 aromatic heterocycles. The molecule has 0 aromatic rings. The average molecular weight is 302 g/mol. The van der Waals surface area contributed by atoms with Gasteiger partial charge >= 0.3 is 48.9 Å². The molecule has 60 valence electrons. The Morgan fingerprint density at radius 2 is 1.55 bits per heavy atom. The normalized spacial score (nSPS) is 20.8. The summed E-state index contributed by atoms with van der Waals surface area (Å²) in [6.07, 6.45) is 4.25. The zero-order valence-electron chi connectivity index (χ0n) is 6.49. The Balaban J connectivity index is 0.000001000. The minimum Gasteiger partial charge on any atom is -0.285 e. The molecule has 0 spiro atoms. The van der Waals surface area contributed by atoms with Gasteiger partial charge in [-0.05, 0) is 12.8 Å². The van der Waals surface area contributed by atoms with Crippen LogP contribution in [0.1, 0.15) is 32.1 Å². The van der Waals surface area contributed by atoms with E-state index in [1.165, 1.54) is 0 Å². The van der Waals surface area contributed by atoms with Gasteiger partial charge in [-0.25, -0.2) is 0 Å². The molecule has 3 nitrogen and oxygen atoms in total. The maximum Gasteiger partial charge on any atom is 2.00 e. The Kier molecular flexibility index (Phi) is 5.97. The number of rotatable bonds is 1. The maximum absolute atomic E-state index is 10.5. The van der Waals surface area contributed by atoms with Crippen molar-refractivity contribution in [2.24, 2.45) is 0 Å². The molecule has 1 N–H and O–H groups in total. The number of hydrogen-bond acceptors (Lipinski definition) is 2. The van der Waals surface area contributed by atoms with Crippen LogP contribution in [0.3, 0.4) is 0 Å². The Labute approximate surface area is 108 Å². The third-order valence-corrected chi connectivity index (χ3v) is 3.29. The summed E-state index contributed by atoms with van der Waals surface area (Å²) < 4.78 is 29.7.